The smallest absolute Gasteiger partial charge is 0.109 e. The molecule has 0 spiro atoms. The zero-order valence-corrected chi connectivity index (χ0v) is 9.10. The highest BCUT2D eigenvalue weighted by atomic mass is 32.2. The number of anilines is 1. The summed E-state index contributed by atoms with van der Waals surface area (Å²) >= 11 is 3.45. The number of nitrogens with two attached hydrogens (primary N) is 1. The molecule has 0 aliphatic heterocycles. The molecule has 0 amide bonds. The van der Waals surface area contributed by atoms with Crippen LogP contribution in [0.2, 0.25) is 0 Å². The number of nitrogen functional groups attached to an aromatic ring is 1. The molecule has 1 rings (SSSR count). The van der Waals surface area contributed by atoms with Crippen molar-refractivity contribution < 1.29 is 0 Å². The summed E-state index contributed by atoms with van der Waals surface area (Å²) in [5.74, 6) is 1.11. The molecule has 2 nitrogen and oxygen atoms in total. The third kappa shape index (κ3) is 2.38. The molecule has 1 aromatic heterocycles. The predicted octanol–water partition coefficient (Wildman–Crippen LogP) is 2.19. The number of hydrogen-bond donors (Lipinski definition) is 1. The van der Waals surface area contributed by atoms with Crippen molar-refractivity contribution in [3.8, 4) is 0 Å². The molecule has 68 valence electrons. The highest BCUT2D eigenvalue weighted by molar-refractivity contribution is 7.98. The Kier molecular flexibility index (Phi) is 3.88. The van der Waals surface area contributed by atoms with Crippen molar-refractivity contribution in [1.29, 1.82) is 0 Å². The van der Waals surface area contributed by atoms with Gasteiger partial charge in [-0.25, -0.2) is 4.98 Å². The van der Waals surface area contributed by atoms with Gasteiger partial charge in [-0.1, -0.05) is 6.92 Å². The Morgan fingerprint density at radius 2 is 2.33 bits per heavy atom. The lowest BCUT2D eigenvalue weighted by molar-refractivity contribution is 1.01. The lowest BCUT2D eigenvalue weighted by Gasteiger charge is -1.93. The fourth-order valence-electron chi connectivity index (χ4n) is 0.943. The summed E-state index contributed by atoms with van der Waals surface area (Å²) in [7, 11) is 0. The predicted molar refractivity (Wildman–Crippen MR) is 58.0 cm³/mol. The van der Waals surface area contributed by atoms with E-state index >= 15 is 0 Å². The lowest BCUT2D eigenvalue weighted by atomic mass is 10.3. The second-order valence-electron chi connectivity index (χ2n) is 2.51. The van der Waals surface area contributed by atoms with Gasteiger partial charge >= 0.3 is 0 Å². The van der Waals surface area contributed by atoms with Gasteiger partial charge in [0.05, 0.1) is 10.7 Å². The van der Waals surface area contributed by atoms with Gasteiger partial charge in [-0.2, -0.15) is 11.8 Å². The molecule has 12 heavy (non-hydrogen) atoms. The van der Waals surface area contributed by atoms with Gasteiger partial charge in [-0.05, 0) is 18.4 Å². The maximum absolute atomic E-state index is 5.80. The maximum Gasteiger partial charge on any atom is 0.109 e. The van der Waals surface area contributed by atoms with Crippen LogP contribution in [0.1, 0.15) is 17.6 Å². The van der Waals surface area contributed by atoms with Gasteiger partial charge in [0.25, 0.3) is 0 Å². The van der Waals surface area contributed by atoms with Crippen LogP contribution in [0.3, 0.4) is 0 Å². The minimum absolute atomic E-state index is 0.904. The second kappa shape index (κ2) is 4.72. The second-order valence-corrected chi connectivity index (χ2v) is 4.62. The Hall–Kier alpha value is -0.220. The third-order valence-corrected chi connectivity index (χ3v) is 3.30. The first-order chi connectivity index (χ1) is 5.77. The highest BCUT2D eigenvalue weighted by Gasteiger charge is 2.05. The summed E-state index contributed by atoms with van der Waals surface area (Å²) < 4.78 is 0. The molecule has 0 aromatic carbocycles. The van der Waals surface area contributed by atoms with E-state index < -0.39 is 0 Å². The Labute approximate surface area is 81.6 Å². The van der Waals surface area contributed by atoms with Gasteiger partial charge in [0.2, 0.25) is 0 Å². The molecule has 0 fully saturated rings. The summed E-state index contributed by atoms with van der Waals surface area (Å²) in [6.07, 6.45) is 4.10. The van der Waals surface area contributed by atoms with E-state index in [2.05, 4.69) is 18.2 Å². The lowest BCUT2D eigenvalue weighted by Crippen LogP contribution is -1.93. The van der Waals surface area contributed by atoms with Crippen molar-refractivity contribution >= 4 is 28.1 Å². The van der Waals surface area contributed by atoms with Crippen molar-refractivity contribution in [3.05, 3.63) is 10.7 Å². The van der Waals surface area contributed by atoms with Crippen LogP contribution in [0.4, 0.5) is 5.00 Å². The normalized spacial score (nSPS) is 10.5. The van der Waals surface area contributed by atoms with Gasteiger partial charge in [0.1, 0.15) is 5.00 Å². The first kappa shape index (κ1) is 9.86. The van der Waals surface area contributed by atoms with E-state index in [0.717, 1.165) is 34.3 Å². The van der Waals surface area contributed by atoms with E-state index in [9.17, 15) is 0 Å². The van der Waals surface area contributed by atoms with E-state index in [1.54, 1.807) is 11.3 Å². The molecule has 0 bridgehead atoms. The van der Waals surface area contributed by atoms with Crippen LogP contribution in [-0.4, -0.2) is 17.0 Å². The maximum atomic E-state index is 5.80. The summed E-state index contributed by atoms with van der Waals surface area (Å²) in [6, 6.07) is 0. The van der Waals surface area contributed by atoms with Crippen molar-refractivity contribution in [2.45, 2.75) is 19.8 Å². The highest BCUT2D eigenvalue weighted by Crippen LogP contribution is 2.22. The van der Waals surface area contributed by atoms with Crippen molar-refractivity contribution in [1.82, 2.24) is 4.98 Å². The largest absolute Gasteiger partial charge is 0.389 e. The van der Waals surface area contributed by atoms with Gasteiger partial charge in [0, 0.05) is 6.42 Å². The molecule has 0 atom stereocenters. The molecular weight excluding hydrogens is 188 g/mol. The fraction of sp³-hybridized carbons (Fsp3) is 0.625. The van der Waals surface area contributed by atoms with Gasteiger partial charge in [-0.15, -0.1) is 11.3 Å². The number of nitrogens with zero attached hydrogens (tertiary/aromatic N) is 1. The number of thiazole rings is 1. The van der Waals surface area contributed by atoms with Gasteiger partial charge in [-0.3, -0.25) is 0 Å². The summed E-state index contributed by atoms with van der Waals surface area (Å²) in [6.45, 7) is 2.11. The van der Waals surface area contributed by atoms with Crippen LogP contribution in [-0.2, 0) is 12.8 Å². The van der Waals surface area contributed by atoms with Crippen LogP contribution in [0, 0.1) is 0 Å². The molecule has 0 saturated carbocycles. The Morgan fingerprint density at radius 3 is 2.83 bits per heavy atom. The van der Waals surface area contributed by atoms with Crippen LogP contribution in [0.25, 0.3) is 0 Å². The topological polar surface area (TPSA) is 38.9 Å². The summed E-state index contributed by atoms with van der Waals surface area (Å²) in [5.41, 5.74) is 6.89. The zero-order valence-electron chi connectivity index (χ0n) is 7.46. The molecule has 1 heterocycles. The Balaban J connectivity index is 2.64. The third-order valence-electron chi connectivity index (χ3n) is 1.62. The molecule has 0 unspecified atom stereocenters. The van der Waals surface area contributed by atoms with Crippen LogP contribution >= 0.6 is 23.1 Å². The molecule has 4 heteroatoms. The molecule has 1 aromatic rings. The van der Waals surface area contributed by atoms with Crippen molar-refractivity contribution in [2.75, 3.05) is 17.7 Å². The average molecular weight is 202 g/mol. The molecule has 0 saturated heterocycles. The molecule has 2 N–H and O–H groups in total. The number of hydrogen-bond acceptors (Lipinski definition) is 4. The molecule has 0 radical (unpaired) electrons. The average Bonchev–Trinajstić information content (AvgIpc) is 2.43. The van der Waals surface area contributed by atoms with E-state index in [1.807, 2.05) is 11.8 Å². The Morgan fingerprint density at radius 1 is 1.58 bits per heavy atom. The molecular formula is C8H14N2S2. The van der Waals surface area contributed by atoms with E-state index in [4.69, 9.17) is 5.73 Å². The molecule has 0 aliphatic carbocycles. The summed E-state index contributed by atoms with van der Waals surface area (Å²) in [4.78, 5) is 4.45. The summed E-state index contributed by atoms with van der Waals surface area (Å²) in [5, 5.41) is 2.06. The van der Waals surface area contributed by atoms with E-state index in [1.165, 1.54) is 0 Å². The first-order valence-corrected chi connectivity index (χ1v) is 6.22. The van der Waals surface area contributed by atoms with Crippen LogP contribution < -0.4 is 5.73 Å². The molecule has 0 aliphatic rings. The van der Waals surface area contributed by atoms with Crippen molar-refractivity contribution in [3.63, 3.8) is 0 Å². The van der Waals surface area contributed by atoms with Gasteiger partial charge in [0.15, 0.2) is 0 Å². The monoisotopic (exact) mass is 202 g/mol. The number of aryl methyl sites for hydroxylation is 2. The van der Waals surface area contributed by atoms with Crippen LogP contribution in [0.5, 0.6) is 0 Å². The fourth-order valence-corrected chi connectivity index (χ4v) is 2.16. The van der Waals surface area contributed by atoms with E-state index in [-0.39, 0.29) is 0 Å². The quantitative estimate of drug-likeness (QED) is 0.813. The van der Waals surface area contributed by atoms with Gasteiger partial charge < -0.3 is 5.73 Å². The number of rotatable bonds is 4. The first-order valence-electron chi connectivity index (χ1n) is 4.01. The van der Waals surface area contributed by atoms with Crippen LogP contribution in [0.15, 0.2) is 0 Å². The number of thioether (sulfide) groups is 1. The minimum Gasteiger partial charge on any atom is -0.389 e. The number of aromatic nitrogens is 1. The SMILES string of the molecule is CCc1nc(CCSC)c(N)s1. The van der Waals surface area contributed by atoms with E-state index in [0.29, 0.717) is 0 Å². The Bertz CT molecular complexity index is 245. The minimum atomic E-state index is 0.904. The zero-order chi connectivity index (χ0) is 8.97. The standard InChI is InChI=1S/C8H14N2S2/c1-3-7-10-6(4-5-11-2)8(9)12-7/h3-5,9H2,1-2H3. The van der Waals surface area contributed by atoms with Crippen molar-refractivity contribution in [2.24, 2.45) is 0 Å².